The first kappa shape index (κ1) is 16.6. The molecular weight excluding hydrogens is 329 g/mol. The number of carbonyl (C=O) groups excluding carboxylic acids is 2. The summed E-state index contributed by atoms with van der Waals surface area (Å²) < 4.78 is 43.6. The molecule has 1 amide bonds. The lowest BCUT2D eigenvalue weighted by atomic mass is 9.86. The van der Waals surface area contributed by atoms with Gasteiger partial charge in [-0.3, -0.25) is 14.5 Å². The number of carbonyl (C=O) groups is 3. The molecule has 0 aromatic heterocycles. The summed E-state index contributed by atoms with van der Waals surface area (Å²) in [5.74, 6) is -3.93. The number of β-lactam (4-membered cyclic amide) rings is 1. The molecule has 0 aromatic rings. The molecule has 0 aliphatic carbocycles. The van der Waals surface area contributed by atoms with Crippen LogP contribution in [0.4, 0.5) is 13.2 Å². The maximum Gasteiger partial charge on any atom is 0.418 e. The van der Waals surface area contributed by atoms with E-state index in [1.54, 1.807) is 0 Å². The molecule has 2 rings (SSSR count). The second-order valence-corrected chi connectivity index (χ2v) is 5.81. The standard InChI is InChI=1S/C11H11F3N2O5S/c1-4(17)21-2-5-3-22-9-10(15,11(12,13)14)8(20)16(9)6(5)7(18)19/h9H,2-3,15H2,1H3,(H,18,19)/t9-,10?/m1/s1. The number of nitrogens with zero attached hydrogens (tertiary/aromatic N) is 1. The molecule has 22 heavy (non-hydrogen) atoms. The Morgan fingerprint density at radius 3 is 2.59 bits per heavy atom. The van der Waals surface area contributed by atoms with E-state index in [2.05, 4.69) is 4.74 Å². The van der Waals surface area contributed by atoms with Gasteiger partial charge in [-0.2, -0.15) is 13.2 Å². The molecule has 7 nitrogen and oxygen atoms in total. The third-order valence-electron chi connectivity index (χ3n) is 3.31. The van der Waals surface area contributed by atoms with Gasteiger partial charge >= 0.3 is 18.1 Å². The molecule has 2 heterocycles. The van der Waals surface area contributed by atoms with E-state index in [0.717, 1.165) is 6.92 Å². The highest BCUT2D eigenvalue weighted by molar-refractivity contribution is 8.00. The van der Waals surface area contributed by atoms with Gasteiger partial charge in [-0.1, -0.05) is 0 Å². The zero-order valence-electron chi connectivity index (χ0n) is 11.1. The van der Waals surface area contributed by atoms with Gasteiger partial charge in [0, 0.05) is 18.2 Å². The van der Waals surface area contributed by atoms with E-state index in [1.807, 2.05) is 0 Å². The van der Waals surface area contributed by atoms with Crippen molar-refractivity contribution >= 4 is 29.6 Å². The van der Waals surface area contributed by atoms with E-state index < -0.39 is 47.2 Å². The number of nitrogens with two attached hydrogens (primary N) is 1. The monoisotopic (exact) mass is 340 g/mol. The first-order valence-electron chi connectivity index (χ1n) is 5.91. The SMILES string of the molecule is CC(=O)OCC1=C(C(=O)O)N2C(=O)C(N)(C(F)(F)F)[C@H]2SC1. The van der Waals surface area contributed by atoms with Gasteiger partial charge in [0.1, 0.15) is 17.7 Å². The zero-order valence-corrected chi connectivity index (χ0v) is 12.0. The number of rotatable bonds is 3. The normalized spacial score (nSPS) is 28.1. The number of hydrogen-bond donors (Lipinski definition) is 2. The maximum absolute atomic E-state index is 13.0. The Labute approximate surface area is 126 Å². The number of alkyl halides is 3. The van der Waals surface area contributed by atoms with E-state index in [9.17, 15) is 27.6 Å². The van der Waals surface area contributed by atoms with E-state index in [-0.39, 0.29) is 11.3 Å². The highest BCUT2D eigenvalue weighted by Gasteiger charge is 2.74. The summed E-state index contributed by atoms with van der Waals surface area (Å²) in [5, 5.41) is 7.61. The highest BCUT2D eigenvalue weighted by Crippen LogP contribution is 2.51. The van der Waals surface area contributed by atoms with Crippen LogP contribution >= 0.6 is 11.8 Å². The van der Waals surface area contributed by atoms with Crippen LogP contribution < -0.4 is 5.73 Å². The lowest BCUT2D eigenvalue weighted by Crippen LogP contribution is -2.83. The Bertz CT molecular complexity index is 591. The van der Waals surface area contributed by atoms with Crippen LogP contribution in [0.1, 0.15) is 6.92 Å². The van der Waals surface area contributed by atoms with Crippen LogP contribution in [0.15, 0.2) is 11.3 Å². The largest absolute Gasteiger partial charge is 0.477 e. The average molecular weight is 340 g/mol. The van der Waals surface area contributed by atoms with Crippen molar-refractivity contribution in [1.29, 1.82) is 0 Å². The molecule has 0 aromatic carbocycles. The number of aliphatic carboxylic acids is 1. The van der Waals surface area contributed by atoms with E-state index >= 15 is 0 Å². The fraction of sp³-hybridized carbons (Fsp3) is 0.545. The van der Waals surface area contributed by atoms with Gasteiger partial charge in [-0.05, 0) is 0 Å². The van der Waals surface area contributed by atoms with Crippen molar-refractivity contribution in [3.63, 3.8) is 0 Å². The number of amides is 1. The van der Waals surface area contributed by atoms with Gasteiger partial charge in [0.15, 0.2) is 0 Å². The quantitative estimate of drug-likeness (QED) is 0.552. The molecule has 3 N–H and O–H groups in total. The van der Waals surface area contributed by atoms with E-state index in [1.165, 1.54) is 0 Å². The molecule has 1 saturated heterocycles. The molecule has 2 aliphatic rings. The van der Waals surface area contributed by atoms with Crippen LogP contribution in [0.3, 0.4) is 0 Å². The summed E-state index contributed by atoms with van der Waals surface area (Å²) in [6.45, 7) is 0.688. The number of thioether (sulfide) groups is 1. The maximum atomic E-state index is 13.0. The summed E-state index contributed by atoms with van der Waals surface area (Å²) in [7, 11) is 0. The summed E-state index contributed by atoms with van der Waals surface area (Å²) in [4.78, 5) is 34.4. The highest BCUT2D eigenvalue weighted by atomic mass is 32.2. The van der Waals surface area contributed by atoms with Crippen LogP contribution in [0.2, 0.25) is 0 Å². The first-order valence-corrected chi connectivity index (χ1v) is 6.96. The first-order chi connectivity index (χ1) is 10.0. The minimum absolute atomic E-state index is 0.0431. The van der Waals surface area contributed by atoms with Crippen molar-refractivity contribution in [3.8, 4) is 0 Å². The van der Waals surface area contributed by atoms with Crippen molar-refractivity contribution in [2.75, 3.05) is 12.4 Å². The molecule has 0 bridgehead atoms. The molecule has 2 atom stereocenters. The molecule has 11 heteroatoms. The van der Waals surface area contributed by atoms with Gasteiger partial charge in [-0.15, -0.1) is 11.8 Å². The van der Waals surface area contributed by atoms with Crippen LogP contribution in [0, 0.1) is 0 Å². The molecule has 122 valence electrons. The van der Waals surface area contributed by atoms with Crippen molar-refractivity contribution < 1.29 is 37.4 Å². The minimum atomic E-state index is -4.99. The summed E-state index contributed by atoms with van der Waals surface area (Å²) in [5.41, 5.74) is 1.50. The van der Waals surface area contributed by atoms with Gasteiger partial charge in [0.2, 0.25) is 5.54 Å². The molecule has 0 radical (unpaired) electrons. The Morgan fingerprint density at radius 1 is 1.55 bits per heavy atom. The number of carboxylic acids is 1. The van der Waals surface area contributed by atoms with Crippen molar-refractivity contribution in [1.82, 2.24) is 4.90 Å². The Balaban J connectivity index is 2.37. The van der Waals surface area contributed by atoms with Gasteiger partial charge in [0.25, 0.3) is 5.91 Å². The third-order valence-corrected chi connectivity index (χ3v) is 4.72. The van der Waals surface area contributed by atoms with E-state index in [0.29, 0.717) is 16.7 Å². The summed E-state index contributed by atoms with van der Waals surface area (Å²) in [6, 6.07) is 0. The molecular formula is C11H11F3N2O5S. The van der Waals surface area contributed by atoms with Gasteiger partial charge in [0.05, 0.1) is 0 Å². The van der Waals surface area contributed by atoms with Crippen molar-refractivity contribution in [3.05, 3.63) is 11.3 Å². The number of halogens is 3. The van der Waals surface area contributed by atoms with Crippen LogP contribution in [-0.2, 0) is 19.1 Å². The molecule has 1 fully saturated rings. The molecule has 2 aliphatic heterocycles. The Hall–Kier alpha value is -1.75. The predicted molar refractivity (Wildman–Crippen MR) is 67.4 cm³/mol. The lowest BCUT2D eigenvalue weighted by Gasteiger charge is -2.55. The zero-order chi connectivity index (χ0) is 16.9. The third kappa shape index (κ3) is 2.24. The van der Waals surface area contributed by atoms with Gasteiger partial charge < -0.3 is 15.6 Å². The number of fused-ring (bicyclic) bond motifs is 1. The van der Waals surface area contributed by atoms with Crippen LogP contribution in [-0.4, -0.2) is 57.3 Å². The smallest absolute Gasteiger partial charge is 0.418 e. The second kappa shape index (κ2) is 5.16. The summed E-state index contributed by atoms with van der Waals surface area (Å²) >= 11 is 0.679. The molecule has 0 spiro atoms. The van der Waals surface area contributed by atoms with Crippen molar-refractivity contribution in [2.45, 2.75) is 24.0 Å². The summed E-state index contributed by atoms with van der Waals surface area (Å²) in [6.07, 6.45) is -4.99. The van der Waals surface area contributed by atoms with Crippen LogP contribution in [0.25, 0.3) is 0 Å². The Kier molecular flexibility index (Phi) is 3.90. The number of ether oxygens (including phenoxy) is 1. The van der Waals surface area contributed by atoms with Crippen LogP contribution in [0.5, 0.6) is 0 Å². The second-order valence-electron chi connectivity index (χ2n) is 4.74. The molecule has 0 saturated carbocycles. The van der Waals surface area contributed by atoms with Crippen molar-refractivity contribution in [2.24, 2.45) is 5.73 Å². The van der Waals surface area contributed by atoms with E-state index in [4.69, 9.17) is 10.8 Å². The minimum Gasteiger partial charge on any atom is -0.477 e. The number of esters is 1. The predicted octanol–water partition coefficient (Wildman–Crippen LogP) is 0.0631. The topological polar surface area (TPSA) is 110 Å². The fourth-order valence-corrected chi connectivity index (χ4v) is 3.63. The number of carboxylic acid groups (broad SMARTS) is 1. The average Bonchev–Trinajstić information content (AvgIpc) is 2.41. The van der Waals surface area contributed by atoms with Gasteiger partial charge in [-0.25, -0.2) is 4.79 Å². The number of hydrogen-bond acceptors (Lipinski definition) is 6. The lowest BCUT2D eigenvalue weighted by molar-refractivity contribution is -0.223. The fourth-order valence-electron chi connectivity index (χ4n) is 2.21. The Morgan fingerprint density at radius 2 is 2.14 bits per heavy atom. The molecule has 1 unspecified atom stereocenters.